The molecule has 5 heteroatoms. The van der Waals surface area contributed by atoms with Gasteiger partial charge in [0, 0.05) is 0 Å². The van der Waals surface area contributed by atoms with Crippen molar-refractivity contribution in [2.45, 2.75) is 17.8 Å². The summed E-state index contributed by atoms with van der Waals surface area (Å²) >= 11 is 3.36. The average molecular weight is 273 g/mol. The summed E-state index contributed by atoms with van der Waals surface area (Å²) in [4.78, 5) is 10.5. The summed E-state index contributed by atoms with van der Waals surface area (Å²) in [6.45, 7) is 4.17. The van der Waals surface area contributed by atoms with E-state index in [1.807, 2.05) is 0 Å². The fraction of sp³-hybridized carbons (Fsp3) is 0.600. The Bertz CT molecular complexity index is 138. The number of nitrogens with one attached hydrogen (secondary N) is 1. The number of nitrogens with zero attached hydrogens (tertiary/aromatic N) is 1. The Kier molecular flexibility index (Phi) is 6.10. The van der Waals surface area contributed by atoms with Crippen LogP contribution in [0.25, 0.3) is 0 Å². The molecule has 3 nitrogen and oxygen atoms in total. The third-order valence-corrected chi connectivity index (χ3v) is 2.46. The Balaban J connectivity index is 3.46. The van der Waals surface area contributed by atoms with Crippen LogP contribution in [0.4, 0.5) is 0 Å². The number of amides is 1. The van der Waals surface area contributed by atoms with Gasteiger partial charge in [0.25, 0.3) is 0 Å². The van der Waals surface area contributed by atoms with Crippen LogP contribution in [-0.2, 0) is 4.79 Å². The number of alkyl halides is 1. The topological polar surface area (TPSA) is 41.5 Å². The van der Waals surface area contributed by atoms with E-state index in [1.54, 1.807) is 0 Å². The van der Waals surface area contributed by atoms with Gasteiger partial charge in [0.1, 0.15) is 0 Å². The van der Waals surface area contributed by atoms with Gasteiger partial charge in [-0.25, -0.2) is 0 Å². The van der Waals surface area contributed by atoms with Crippen molar-refractivity contribution in [3.05, 3.63) is 0 Å². The zero-order chi connectivity index (χ0) is 7.98. The Morgan fingerprint density at radius 2 is 2.40 bits per heavy atom. The van der Waals surface area contributed by atoms with Crippen LogP contribution in [-0.4, -0.2) is 16.0 Å². The zero-order valence-corrected chi connectivity index (χ0v) is 8.89. The van der Waals surface area contributed by atoms with Gasteiger partial charge in [0.15, 0.2) is 0 Å². The van der Waals surface area contributed by atoms with E-state index < -0.39 is 0 Å². The van der Waals surface area contributed by atoms with E-state index in [1.165, 1.54) is 6.21 Å². The third kappa shape index (κ3) is 6.34. The van der Waals surface area contributed by atoms with Gasteiger partial charge in [-0.05, 0) is 0 Å². The Morgan fingerprint density at radius 1 is 1.80 bits per heavy atom. The van der Waals surface area contributed by atoms with Gasteiger partial charge in [-0.3, -0.25) is 0 Å². The summed E-state index contributed by atoms with van der Waals surface area (Å²) in [6.07, 6.45) is 1.29. The summed E-state index contributed by atoms with van der Waals surface area (Å²) in [5.41, 5.74) is 0. The Morgan fingerprint density at radius 3 is 2.80 bits per heavy atom. The molecule has 0 saturated carbocycles. The van der Waals surface area contributed by atoms with Gasteiger partial charge in [0.2, 0.25) is 0 Å². The van der Waals surface area contributed by atoms with Crippen molar-refractivity contribution >= 4 is 24.9 Å². The van der Waals surface area contributed by atoms with Gasteiger partial charge in [0.05, 0.1) is 0 Å². The molecule has 1 N–H and O–H groups in total. The SMILES string of the molecule is CC(C)[I-]N=CC(=O)NS. The molecule has 0 radical (unpaired) electrons. The van der Waals surface area contributed by atoms with Crippen molar-refractivity contribution in [3.8, 4) is 0 Å². The first-order chi connectivity index (χ1) is 4.66. The van der Waals surface area contributed by atoms with Gasteiger partial charge >= 0.3 is 76.9 Å². The van der Waals surface area contributed by atoms with Crippen molar-refractivity contribution in [1.82, 2.24) is 4.72 Å². The Hall–Kier alpha value is 0.220. The van der Waals surface area contributed by atoms with E-state index in [0.717, 1.165) is 0 Å². The van der Waals surface area contributed by atoms with Crippen LogP contribution in [0.2, 0.25) is 0 Å². The molecule has 0 unspecified atom stereocenters. The van der Waals surface area contributed by atoms with Gasteiger partial charge in [-0.15, -0.1) is 0 Å². The van der Waals surface area contributed by atoms with Gasteiger partial charge in [-0.2, -0.15) is 0 Å². The third-order valence-electron chi connectivity index (χ3n) is 0.528. The van der Waals surface area contributed by atoms with Crippen molar-refractivity contribution < 1.29 is 26.3 Å². The normalized spacial score (nSPS) is 11.2. The molecule has 0 aliphatic carbocycles. The maximum absolute atomic E-state index is 10.5. The van der Waals surface area contributed by atoms with E-state index in [-0.39, 0.29) is 27.4 Å². The molecule has 0 heterocycles. The number of thiol groups is 1. The van der Waals surface area contributed by atoms with Crippen molar-refractivity contribution in [2.24, 2.45) is 3.21 Å². The molecule has 0 aliphatic rings. The molecule has 0 aromatic heterocycles. The van der Waals surface area contributed by atoms with Crippen molar-refractivity contribution in [2.75, 3.05) is 0 Å². The van der Waals surface area contributed by atoms with Crippen LogP contribution in [0.15, 0.2) is 3.21 Å². The molecular weight excluding hydrogens is 263 g/mol. The number of carbonyl (C=O) groups is 1. The number of rotatable bonds is 3. The molecule has 0 rings (SSSR count). The van der Waals surface area contributed by atoms with Crippen LogP contribution in [0, 0.1) is 0 Å². The van der Waals surface area contributed by atoms with Crippen LogP contribution < -0.4 is 26.2 Å². The first-order valence-electron chi connectivity index (χ1n) is 2.77. The minimum absolute atomic E-state index is 0.200. The summed E-state index contributed by atoms with van der Waals surface area (Å²) < 4.78 is 6.73. The molecule has 0 aliphatic heterocycles. The van der Waals surface area contributed by atoms with Gasteiger partial charge in [-0.1, -0.05) is 0 Å². The van der Waals surface area contributed by atoms with E-state index >= 15 is 0 Å². The monoisotopic (exact) mass is 273 g/mol. The first-order valence-corrected chi connectivity index (χ1v) is 5.42. The minimum atomic E-state index is -0.247. The molecule has 0 atom stereocenters. The van der Waals surface area contributed by atoms with Crippen LogP contribution >= 0.6 is 12.8 Å². The number of hydrogen-bond donors (Lipinski definition) is 2. The average Bonchev–Trinajstić information content (AvgIpc) is 1.87. The summed E-state index contributed by atoms with van der Waals surface area (Å²) in [6, 6.07) is 0. The fourth-order valence-corrected chi connectivity index (χ4v) is 1.33. The maximum atomic E-state index is 10.5. The van der Waals surface area contributed by atoms with Crippen molar-refractivity contribution in [3.63, 3.8) is 0 Å². The molecule has 0 bridgehead atoms. The Labute approximate surface area is 76.8 Å². The summed E-state index contributed by atoms with van der Waals surface area (Å²) in [5.74, 6) is -0.247. The number of hydrogen-bond acceptors (Lipinski definition) is 3. The molecule has 0 saturated heterocycles. The van der Waals surface area contributed by atoms with E-state index in [2.05, 4.69) is 34.6 Å². The van der Waals surface area contributed by atoms with Crippen LogP contribution in [0.3, 0.4) is 0 Å². The number of carbonyl (C=O) groups excluding carboxylic acids is 1. The summed E-state index contributed by atoms with van der Waals surface area (Å²) in [7, 11) is 0. The molecule has 0 spiro atoms. The second-order valence-corrected chi connectivity index (χ2v) is 5.64. The summed E-state index contributed by atoms with van der Waals surface area (Å²) in [5, 5.41) is 0. The molecule has 60 valence electrons. The standard InChI is InChI=1S/C5H10IN2OS/c1-4(2)6-7-3-5(9)8-10/h3-4,10H,1-2H3,(H,8,9)/q-1. The molecule has 10 heavy (non-hydrogen) atoms. The van der Waals surface area contributed by atoms with Crippen molar-refractivity contribution in [1.29, 1.82) is 0 Å². The molecule has 0 aromatic rings. The van der Waals surface area contributed by atoms with Gasteiger partial charge < -0.3 is 0 Å². The molecule has 0 aromatic carbocycles. The fourth-order valence-electron chi connectivity index (χ4n) is 0.214. The molecule has 1 amide bonds. The molecular formula is C5H10IN2OS-. The second kappa shape index (κ2) is 5.96. The van der Waals surface area contributed by atoms with E-state index in [0.29, 0.717) is 3.92 Å². The van der Waals surface area contributed by atoms with E-state index in [4.69, 9.17) is 0 Å². The molecule has 0 fully saturated rings. The second-order valence-electron chi connectivity index (χ2n) is 1.81. The van der Waals surface area contributed by atoms with E-state index in [9.17, 15) is 4.79 Å². The van der Waals surface area contributed by atoms with Crippen LogP contribution in [0.1, 0.15) is 13.8 Å². The zero-order valence-electron chi connectivity index (χ0n) is 5.84. The first kappa shape index (κ1) is 10.2. The predicted octanol–water partition coefficient (Wildman–Crippen LogP) is -2.57. The van der Waals surface area contributed by atoms with Crippen LogP contribution in [0.5, 0.6) is 0 Å². The number of halogens is 1. The predicted molar refractivity (Wildman–Crippen MR) is 40.8 cm³/mol. The quantitative estimate of drug-likeness (QED) is 0.252.